The lowest BCUT2D eigenvalue weighted by Gasteiger charge is -2.29. The van der Waals surface area contributed by atoms with Crippen molar-refractivity contribution in [3.05, 3.63) is 52.5 Å². The zero-order valence-corrected chi connectivity index (χ0v) is 17.9. The van der Waals surface area contributed by atoms with E-state index in [-0.39, 0.29) is 21.5 Å². The van der Waals surface area contributed by atoms with E-state index in [1.807, 2.05) is 0 Å². The van der Waals surface area contributed by atoms with Crippen molar-refractivity contribution in [1.82, 2.24) is 4.90 Å². The Morgan fingerprint density at radius 2 is 1.79 bits per heavy atom. The Bertz CT molecular complexity index is 977. The highest BCUT2D eigenvalue weighted by atomic mass is 35.5. The van der Waals surface area contributed by atoms with E-state index in [1.54, 1.807) is 11.8 Å². The van der Waals surface area contributed by atoms with Crippen molar-refractivity contribution in [1.29, 1.82) is 0 Å². The highest BCUT2D eigenvalue weighted by Crippen LogP contribution is 2.28. The number of nitrogens with zero attached hydrogens (tertiary/aromatic N) is 1. The number of nitrogens with one attached hydrogen (secondary N) is 1. The molecule has 0 unspecified atom stereocenters. The van der Waals surface area contributed by atoms with Gasteiger partial charge in [-0.2, -0.15) is 0 Å². The molecule has 1 aliphatic rings. The van der Waals surface area contributed by atoms with E-state index in [4.69, 9.17) is 32.7 Å². The van der Waals surface area contributed by atoms with Crippen molar-refractivity contribution in [2.24, 2.45) is 0 Å². The average Bonchev–Trinajstić information content (AvgIpc) is 2.70. The summed E-state index contributed by atoms with van der Waals surface area (Å²) >= 11 is 11.9. The van der Waals surface area contributed by atoms with Gasteiger partial charge in [0.25, 0.3) is 15.9 Å². The fraction of sp³-hybridized carbons (Fsp3) is 0.316. The number of carbonyl (C=O) groups is 1. The molecule has 1 aliphatic heterocycles. The summed E-state index contributed by atoms with van der Waals surface area (Å²) in [4.78, 5) is 14.1. The van der Waals surface area contributed by atoms with Crippen molar-refractivity contribution in [3.8, 4) is 5.75 Å². The number of morpholine rings is 1. The van der Waals surface area contributed by atoms with Gasteiger partial charge in [0, 0.05) is 18.1 Å². The Kier molecular flexibility index (Phi) is 6.89. The number of carbonyl (C=O) groups excluding carboxylic acids is 1. The van der Waals surface area contributed by atoms with E-state index in [2.05, 4.69) is 4.72 Å². The molecule has 0 radical (unpaired) electrons. The second kappa shape index (κ2) is 9.21. The molecular weight excluding hydrogens is 439 g/mol. The van der Waals surface area contributed by atoms with Crippen LogP contribution in [0.1, 0.15) is 6.92 Å². The molecule has 10 heteroatoms. The van der Waals surface area contributed by atoms with Gasteiger partial charge in [-0.05, 0) is 49.4 Å². The van der Waals surface area contributed by atoms with Gasteiger partial charge in [0.1, 0.15) is 5.75 Å². The number of amides is 1. The number of rotatable bonds is 6. The first-order valence-electron chi connectivity index (χ1n) is 8.87. The van der Waals surface area contributed by atoms with Crippen LogP contribution < -0.4 is 9.46 Å². The van der Waals surface area contributed by atoms with Crippen LogP contribution in [0.4, 0.5) is 5.69 Å². The molecule has 156 valence electrons. The third-order valence-electron chi connectivity index (χ3n) is 4.29. The lowest BCUT2D eigenvalue weighted by Crippen LogP contribution is -2.46. The number of ether oxygens (including phenoxy) is 2. The van der Waals surface area contributed by atoms with Gasteiger partial charge in [-0.1, -0.05) is 23.2 Å². The maximum Gasteiger partial charge on any atom is 0.263 e. The van der Waals surface area contributed by atoms with Gasteiger partial charge in [-0.25, -0.2) is 8.42 Å². The largest absolute Gasteiger partial charge is 0.481 e. The second-order valence-electron chi connectivity index (χ2n) is 6.40. The SMILES string of the molecule is C[C@H](Oc1ccc(S(=O)(=O)Nc2ccc(Cl)cc2Cl)cc1)C(=O)N1CCOCC1. The smallest absolute Gasteiger partial charge is 0.263 e. The second-order valence-corrected chi connectivity index (χ2v) is 8.92. The van der Waals surface area contributed by atoms with Crippen molar-refractivity contribution in [3.63, 3.8) is 0 Å². The van der Waals surface area contributed by atoms with Gasteiger partial charge in [-0.15, -0.1) is 0 Å². The third kappa shape index (κ3) is 5.54. The lowest BCUT2D eigenvalue weighted by molar-refractivity contribution is -0.142. The molecule has 1 heterocycles. The van der Waals surface area contributed by atoms with E-state index in [0.717, 1.165) is 0 Å². The molecule has 29 heavy (non-hydrogen) atoms. The molecule has 0 aromatic heterocycles. The molecule has 0 saturated carbocycles. The fourth-order valence-corrected chi connectivity index (χ4v) is 4.36. The fourth-order valence-electron chi connectivity index (χ4n) is 2.77. The molecule has 1 saturated heterocycles. The van der Waals surface area contributed by atoms with Crippen molar-refractivity contribution in [2.45, 2.75) is 17.9 Å². The van der Waals surface area contributed by atoms with E-state index in [1.165, 1.54) is 42.5 Å². The summed E-state index contributed by atoms with van der Waals surface area (Å²) in [6.45, 7) is 3.74. The molecular formula is C19H20Cl2N2O5S. The van der Waals surface area contributed by atoms with Gasteiger partial charge in [0.15, 0.2) is 6.10 Å². The molecule has 0 spiro atoms. The summed E-state index contributed by atoms with van der Waals surface area (Å²) in [5, 5.41) is 0.594. The number of benzene rings is 2. The minimum atomic E-state index is -3.85. The first-order valence-corrected chi connectivity index (χ1v) is 11.1. The van der Waals surface area contributed by atoms with Crippen LogP contribution >= 0.6 is 23.2 Å². The van der Waals surface area contributed by atoms with Crippen molar-refractivity contribution in [2.75, 3.05) is 31.0 Å². The zero-order chi connectivity index (χ0) is 21.0. The topological polar surface area (TPSA) is 84.9 Å². The molecule has 1 atom stereocenters. The van der Waals surface area contributed by atoms with E-state index < -0.39 is 16.1 Å². The zero-order valence-electron chi connectivity index (χ0n) is 15.6. The molecule has 1 N–H and O–H groups in total. The summed E-state index contributed by atoms with van der Waals surface area (Å²) in [7, 11) is -3.85. The summed E-state index contributed by atoms with van der Waals surface area (Å²) in [5.41, 5.74) is 0.223. The number of hydrogen-bond donors (Lipinski definition) is 1. The minimum absolute atomic E-state index is 0.0306. The van der Waals surface area contributed by atoms with Gasteiger partial charge in [0.2, 0.25) is 0 Å². The van der Waals surface area contributed by atoms with Crippen molar-refractivity contribution >= 4 is 44.8 Å². The quantitative estimate of drug-likeness (QED) is 0.716. The van der Waals surface area contributed by atoms with Gasteiger partial charge in [-0.3, -0.25) is 9.52 Å². The van der Waals surface area contributed by atoms with Gasteiger partial charge >= 0.3 is 0 Å². The molecule has 3 rings (SSSR count). The number of halogens is 2. The number of anilines is 1. The van der Waals surface area contributed by atoms with E-state index in [0.29, 0.717) is 37.1 Å². The number of sulfonamides is 1. The molecule has 0 bridgehead atoms. The Hall–Kier alpha value is -2.00. The normalized spacial score (nSPS) is 15.6. The first kappa shape index (κ1) is 21.7. The molecule has 2 aromatic rings. The van der Waals surface area contributed by atoms with Crippen LogP contribution in [0.2, 0.25) is 10.0 Å². The Morgan fingerprint density at radius 1 is 1.14 bits per heavy atom. The highest BCUT2D eigenvalue weighted by Gasteiger charge is 2.24. The minimum Gasteiger partial charge on any atom is -0.481 e. The van der Waals surface area contributed by atoms with Crippen LogP contribution in [0.3, 0.4) is 0 Å². The van der Waals surface area contributed by atoms with E-state index >= 15 is 0 Å². The first-order chi connectivity index (χ1) is 13.8. The highest BCUT2D eigenvalue weighted by molar-refractivity contribution is 7.92. The van der Waals surface area contributed by atoms with Gasteiger partial charge < -0.3 is 14.4 Å². The Labute approximate surface area is 179 Å². The average molecular weight is 459 g/mol. The summed E-state index contributed by atoms with van der Waals surface area (Å²) in [6, 6.07) is 10.3. The number of hydrogen-bond acceptors (Lipinski definition) is 5. The summed E-state index contributed by atoms with van der Waals surface area (Å²) < 4.78 is 38.5. The Morgan fingerprint density at radius 3 is 2.41 bits per heavy atom. The molecule has 1 amide bonds. The molecule has 2 aromatic carbocycles. The van der Waals surface area contributed by atoms with Gasteiger partial charge in [0.05, 0.1) is 28.8 Å². The third-order valence-corrected chi connectivity index (χ3v) is 6.22. The lowest BCUT2D eigenvalue weighted by atomic mass is 10.3. The predicted octanol–water partition coefficient (Wildman–Crippen LogP) is 3.42. The maximum absolute atomic E-state index is 12.6. The molecule has 7 nitrogen and oxygen atoms in total. The summed E-state index contributed by atoms with van der Waals surface area (Å²) in [5.74, 6) is 0.256. The van der Waals surface area contributed by atoms with Crippen molar-refractivity contribution < 1.29 is 22.7 Å². The van der Waals surface area contributed by atoms with Crippen LogP contribution in [0.5, 0.6) is 5.75 Å². The van der Waals surface area contributed by atoms with Crippen LogP contribution in [0, 0.1) is 0 Å². The predicted molar refractivity (Wildman–Crippen MR) is 111 cm³/mol. The van der Waals surface area contributed by atoms with Crippen LogP contribution in [-0.2, 0) is 19.6 Å². The molecule has 1 fully saturated rings. The van der Waals surface area contributed by atoms with E-state index in [9.17, 15) is 13.2 Å². The Balaban J connectivity index is 1.66. The summed E-state index contributed by atoms with van der Waals surface area (Å²) in [6.07, 6.45) is -0.693. The van der Waals surface area contributed by atoms with Crippen LogP contribution in [-0.4, -0.2) is 51.6 Å². The molecule has 0 aliphatic carbocycles. The monoisotopic (exact) mass is 458 g/mol. The standard InChI is InChI=1S/C19H20Cl2N2O5S/c1-13(19(24)23-8-10-27-11-9-23)28-15-3-5-16(6-4-15)29(25,26)22-18-7-2-14(20)12-17(18)21/h2-7,12-13,22H,8-11H2,1H3/t13-/m0/s1. The van der Waals surface area contributed by atoms with Crippen LogP contribution in [0.15, 0.2) is 47.4 Å². The van der Waals surface area contributed by atoms with Crippen LogP contribution in [0.25, 0.3) is 0 Å². The maximum atomic E-state index is 12.6.